The number of aryl methyl sites for hydroxylation is 1. The molecule has 0 N–H and O–H groups in total. The van der Waals surface area contributed by atoms with E-state index in [9.17, 15) is 0 Å². The Morgan fingerprint density at radius 1 is 1.00 bits per heavy atom. The molecule has 86 valence electrons. The molecule has 0 aliphatic carbocycles. The summed E-state index contributed by atoms with van der Waals surface area (Å²) < 4.78 is 4.18. The fraction of sp³-hybridized carbons (Fsp3) is 0.0714. The Labute approximate surface area is 111 Å². The van der Waals surface area contributed by atoms with Gasteiger partial charge >= 0.3 is 0 Å². The lowest BCUT2D eigenvalue weighted by Crippen LogP contribution is -3.00. The second-order valence-electron chi connectivity index (χ2n) is 3.98. The van der Waals surface area contributed by atoms with Gasteiger partial charge in [0.2, 0.25) is 6.33 Å². The third-order valence-corrected chi connectivity index (χ3v) is 2.81. The number of benzene rings is 2. The van der Waals surface area contributed by atoms with E-state index in [1.807, 2.05) is 17.8 Å². The van der Waals surface area contributed by atoms with Gasteiger partial charge in [-0.1, -0.05) is 36.4 Å². The Morgan fingerprint density at radius 2 is 1.76 bits per heavy atom. The van der Waals surface area contributed by atoms with Crippen LogP contribution in [0.15, 0.2) is 61.2 Å². The molecule has 3 heteroatoms. The zero-order valence-electron chi connectivity index (χ0n) is 9.55. The summed E-state index contributed by atoms with van der Waals surface area (Å²) in [6, 6.07) is 14.8. The van der Waals surface area contributed by atoms with Crippen LogP contribution in [-0.4, -0.2) is 4.57 Å². The number of hydrogen-bond donors (Lipinski definition) is 0. The minimum atomic E-state index is 0. The van der Waals surface area contributed by atoms with Gasteiger partial charge in [-0.15, -0.1) is 0 Å². The molecule has 0 bridgehead atoms. The number of fused-ring (bicyclic) bond motifs is 1. The van der Waals surface area contributed by atoms with Crippen LogP contribution in [0, 0.1) is 0 Å². The van der Waals surface area contributed by atoms with Gasteiger partial charge in [0.05, 0.1) is 7.05 Å². The van der Waals surface area contributed by atoms with Crippen molar-refractivity contribution in [3.63, 3.8) is 0 Å². The molecule has 0 radical (unpaired) electrons. The molecular weight excluding hydrogens is 276 g/mol. The van der Waals surface area contributed by atoms with E-state index in [4.69, 9.17) is 0 Å². The maximum Gasteiger partial charge on any atom is 0.248 e. The van der Waals surface area contributed by atoms with Crippen LogP contribution < -0.4 is 21.5 Å². The normalized spacial score (nSPS) is 10.2. The molecule has 0 aliphatic rings. The smallest absolute Gasteiger partial charge is 0.248 e. The second kappa shape index (κ2) is 4.72. The highest BCUT2D eigenvalue weighted by Gasteiger charge is 2.07. The van der Waals surface area contributed by atoms with Crippen LogP contribution >= 0.6 is 0 Å². The van der Waals surface area contributed by atoms with E-state index >= 15 is 0 Å². The van der Waals surface area contributed by atoms with Crippen molar-refractivity contribution in [2.24, 2.45) is 7.05 Å². The van der Waals surface area contributed by atoms with Crippen molar-refractivity contribution < 1.29 is 21.5 Å². The summed E-state index contributed by atoms with van der Waals surface area (Å²) in [6.07, 6.45) is 6.19. The molecule has 0 saturated heterocycles. The van der Waals surface area contributed by atoms with Crippen LogP contribution in [0.2, 0.25) is 0 Å². The number of halogens is 1. The van der Waals surface area contributed by atoms with Crippen molar-refractivity contribution in [3.05, 3.63) is 61.2 Å². The van der Waals surface area contributed by atoms with Gasteiger partial charge in [-0.2, -0.15) is 0 Å². The van der Waals surface area contributed by atoms with Gasteiger partial charge in [-0.3, -0.25) is 0 Å². The summed E-state index contributed by atoms with van der Waals surface area (Å²) in [5.41, 5.74) is 1.22. The Morgan fingerprint density at radius 3 is 2.53 bits per heavy atom. The topological polar surface area (TPSA) is 8.81 Å². The van der Waals surface area contributed by atoms with Crippen LogP contribution in [0.1, 0.15) is 0 Å². The van der Waals surface area contributed by atoms with E-state index < -0.39 is 0 Å². The monoisotopic (exact) mass is 288 g/mol. The van der Waals surface area contributed by atoms with E-state index in [-0.39, 0.29) is 17.0 Å². The number of nitrogens with zero attached hydrogens (tertiary/aromatic N) is 2. The first kappa shape index (κ1) is 11.9. The summed E-state index contributed by atoms with van der Waals surface area (Å²) in [5, 5.41) is 2.55. The predicted molar refractivity (Wildman–Crippen MR) is 64.5 cm³/mol. The minimum absolute atomic E-state index is 0. The Balaban J connectivity index is 0.00000108. The van der Waals surface area contributed by atoms with Crippen molar-refractivity contribution in [2.45, 2.75) is 0 Å². The average Bonchev–Trinajstić information content (AvgIpc) is 2.75. The van der Waals surface area contributed by atoms with Crippen molar-refractivity contribution in [1.82, 2.24) is 4.57 Å². The van der Waals surface area contributed by atoms with Crippen LogP contribution in [0.5, 0.6) is 0 Å². The molecule has 3 rings (SSSR count). The number of aromatic nitrogens is 2. The Bertz CT molecular complexity index is 638. The lowest BCUT2D eigenvalue weighted by Gasteiger charge is -2.01. The molecular formula is C14H13BrN2. The minimum Gasteiger partial charge on any atom is -1.00 e. The van der Waals surface area contributed by atoms with Gasteiger partial charge in [0.15, 0.2) is 0 Å². The zero-order chi connectivity index (χ0) is 11.0. The van der Waals surface area contributed by atoms with Gasteiger partial charge in [0.25, 0.3) is 0 Å². The van der Waals surface area contributed by atoms with Crippen LogP contribution in [0.25, 0.3) is 16.5 Å². The summed E-state index contributed by atoms with van der Waals surface area (Å²) in [6.45, 7) is 0. The maximum atomic E-state index is 2.16. The summed E-state index contributed by atoms with van der Waals surface area (Å²) >= 11 is 0. The van der Waals surface area contributed by atoms with E-state index in [2.05, 4.69) is 59.6 Å². The van der Waals surface area contributed by atoms with Crippen molar-refractivity contribution in [1.29, 1.82) is 0 Å². The predicted octanol–water partition coefficient (Wildman–Crippen LogP) is -0.541. The zero-order valence-corrected chi connectivity index (χ0v) is 11.1. The van der Waals surface area contributed by atoms with E-state index in [0.29, 0.717) is 0 Å². The highest BCUT2D eigenvalue weighted by Crippen LogP contribution is 2.21. The fourth-order valence-electron chi connectivity index (χ4n) is 2.03. The van der Waals surface area contributed by atoms with Gasteiger partial charge in [0, 0.05) is 5.39 Å². The number of rotatable bonds is 1. The Hall–Kier alpha value is -1.61. The molecule has 1 heterocycles. The third kappa shape index (κ3) is 2.11. The molecule has 3 aromatic rings. The Kier molecular flexibility index (Phi) is 3.29. The first-order valence-corrected chi connectivity index (χ1v) is 5.36. The summed E-state index contributed by atoms with van der Waals surface area (Å²) in [5.74, 6) is 0. The first-order chi connectivity index (χ1) is 7.84. The van der Waals surface area contributed by atoms with Crippen LogP contribution in [-0.2, 0) is 7.05 Å². The van der Waals surface area contributed by atoms with Gasteiger partial charge in [-0.25, -0.2) is 9.13 Å². The highest BCUT2D eigenvalue weighted by molar-refractivity contribution is 5.90. The molecule has 0 amide bonds. The molecule has 0 saturated carbocycles. The fourth-order valence-corrected chi connectivity index (χ4v) is 2.03. The molecule has 1 aromatic heterocycles. The lowest BCUT2D eigenvalue weighted by molar-refractivity contribution is -0.670. The SMILES string of the molecule is C[n+]1ccn(-c2cccc3ccccc23)c1.[Br-]. The molecule has 0 fully saturated rings. The average molecular weight is 289 g/mol. The largest absolute Gasteiger partial charge is 1.00 e. The van der Waals surface area contributed by atoms with Gasteiger partial charge in [0.1, 0.15) is 18.1 Å². The number of hydrogen-bond acceptors (Lipinski definition) is 0. The van der Waals surface area contributed by atoms with Crippen molar-refractivity contribution in [3.8, 4) is 5.69 Å². The highest BCUT2D eigenvalue weighted by atomic mass is 79.9. The molecule has 0 aliphatic heterocycles. The molecule has 17 heavy (non-hydrogen) atoms. The molecule has 0 spiro atoms. The molecule has 0 atom stereocenters. The van der Waals surface area contributed by atoms with E-state index in [0.717, 1.165) is 0 Å². The van der Waals surface area contributed by atoms with Crippen LogP contribution in [0.3, 0.4) is 0 Å². The molecule has 2 nitrogen and oxygen atoms in total. The quantitative estimate of drug-likeness (QED) is 0.532. The van der Waals surface area contributed by atoms with Gasteiger partial charge in [-0.05, 0) is 11.5 Å². The second-order valence-corrected chi connectivity index (χ2v) is 3.98. The third-order valence-electron chi connectivity index (χ3n) is 2.81. The van der Waals surface area contributed by atoms with Crippen LogP contribution in [0.4, 0.5) is 0 Å². The van der Waals surface area contributed by atoms with E-state index in [1.165, 1.54) is 16.5 Å². The molecule has 2 aromatic carbocycles. The maximum absolute atomic E-state index is 2.16. The number of imidazole rings is 1. The lowest BCUT2D eigenvalue weighted by atomic mass is 10.1. The molecule has 0 unspecified atom stereocenters. The standard InChI is InChI=1S/C14H13N2.BrH/c1-15-9-10-16(11-15)14-8-4-6-12-5-2-3-7-13(12)14;/h2-11H,1H3;1H/q+1;/p-1. The van der Waals surface area contributed by atoms with E-state index in [1.54, 1.807) is 0 Å². The summed E-state index contributed by atoms with van der Waals surface area (Å²) in [7, 11) is 2.03. The van der Waals surface area contributed by atoms with Gasteiger partial charge < -0.3 is 17.0 Å². The summed E-state index contributed by atoms with van der Waals surface area (Å²) in [4.78, 5) is 0. The van der Waals surface area contributed by atoms with Crippen molar-refractivity contribution in [2.75, 3.05) is 0 Å². The van der Waals surface area contributed by atoms with Crippen molar-refractivity contribution >= 4 is 10.8 Å². The first-order valence-electron chi connectivity index (χ1n) is 5.36.